The molecule has 0 aromatic heterocycles. The zero-order chi connectivity index (χ0) is 12.3. The van der Waals surface area contributed by atoms with E-state index in [1.165, 1.54) is 0 Å². The number of rotatable bonds is 3. The van der Waals surface area contributed by atoms with Crippen LogP contribution in [0.2, 0.25) is 0 Å². The van der Waals surface area contributed by atoms with Crippen molar-refractivity contribution in [3.8, 4) is 5.75 Å². The van der Waals surface area contributed by atoms with Gasteiger partial charge in [-0.25, -0.2) is 0 Å². The number of phenols is 1. The number of benzene rings is 1. The van der Waals surface area contributed by atoms with Crippen LogP contribution in [-0.2, 0) is 0 Å². The molecule has 0 heterocycles. The van der Waals surface area contributed by atoms with Gasteiger partial charge >= 0.3 is 0 Å². The van der Waals surface area contributed by atoms with Crippen LogP contribution in [0.1, 0.15) is 24.2 Å². The first kappa shape index (κ1) is 14.0. The maximum Gasteiger partial charge on any atom is 0.257 e. The predicted octanol–water partition coefficient (Wildman–Crippen LogP) is 3.08. The van der Waals surface area contributed by atoms with Crippen molar-refractivity contribution in [3.63, 3.8) is 0 Å². The van der Waals surface area contributed by atoms with Crippen LogP contribution in [-0.4, -0.2) is 29.0 Å². The Morgan fingerprint density at radius 2 is 1.88 bits per heavy atom. The number of hydrogen-bond donors (Lipinski definition) is 1. The number of aromatic hydroxyl groups is 1. The molecule has 0 fully saturated rings. The number of hydrogen-bond acceptors (Lipinski definition) is 2. The highest BCUT2D eigenvalue weighted by molar-refractivity contribution is 14.1. The third kappa shape index (κ3) is 2.99. The summed E-state index contributed by atoms with van der Waals surface area (Å²) in [6, 6.07) is 3.56. The second-order valence-corrected chi connectivity index (χ2v) is 5.67. The number of carbonyl (C=O) groups is 1. The number of amides is 1. The van der Waals surface area contributed by atoms with E-state index in [-0.39, 0.29) is 11.7 Å². The van der Waals surface area contributed by atoms with E-state index >= 15 is 0 Å². The highest BCUT2D eigenvalue weighted by Crippen LogP contribution is 2.27. The van der Waals surface area contributed by atoms with Gasteiger partial charge < -0.3 is 10.0 Å². The minimum Gasteiger partial charge on any atom is -0.506 e. The van der Waals surface area contributed by atoms with Gasteiger partial charge in [0.2, 0.25) is 0 Å². The molecule has 0 aliphatic carbocycles. The van der Waals surface area contributed by atoms with Crippen LogP contribution < -0.4 is 0 Å². The van der Waals surface area contributed by atoms with Gasteiger partial charge in [-0.3, -0.25) is 4.79 Å². The summed E-state index contributed by atoms with van der Waals surface area (Å²) in [4.78, 5) is 13.8. The van der Waals surface area contributed by atoms with E-state index in [0.717, 1.165) is 3.57 Å². The van der Waals surface area contributed by atoms with Gasteiger partial charge in [-0.15, -0.1) is 0 Å². The van der Waals surface area contributed by atoms with Crippen molar-refractivity contribution in [3.05, 3.63) is 24.8 Å². The average Bonchev–Trinajstić information content (AvgIpc) is 2.24. The molecule has 1 aromatic carbocycles. The third-order valence-electron chi connectivity index (χ3n) is 2.31. The highest BCUT2D eigenvalue weighted by atomic mass is 127. The minimum absolute atomic E-state index is 0.0814. The molecular weight excluding hydrogens is 432 g/mol. The number of nitrogens with zero attached hydrogens (tertiary/aromatic N) is 1. The Morgan fingerprint density at radius 3 is 2.38 bits per heavy atom. The lowest BCUT2D eigenvalue weighted by Gasteiger charge is -2.19. The average molecular weight is 445 g/mol. The van der Waals surface area contributed by atoms with E-state index in [1.807, 2.05) is 42.5 Å². The molecule has 1 rings (SSSR count). The lowest BCUT2D eigenvalue weighted by molar-refractivity contribution is 0.0769. The summed E-state index contributed by atoms with van der Waals surface area (Å²) in [7, 11) is 0. The van der Waals surface area contributed by atoms with Crippen LogP contribution in [0.25, 0.3) is 0 Å². The quantitative estimate of drug-likeness (QED) is 0.728. The van der Waals surface area contributed by atoms with Crippen molar-refractivity contribution in [1.29, 1.82) is 0 Å². The molecule has 0 unspecified atom stereocenters. The minimum atomic E-state index is -0.112. The summed E-state index contributed by atoms with van der Waals surface area (Å²) < 4.78 is 1.66. The van der Waals surface area contributed by atoms with E-state index in [1.54, 1.807) is 11.0 Å². The van der Waals surface area contributed by atoms with Gasteiger partial charge in [-0.2, -0.15) is 0 Å². The number of halogens is 2. The predicted molar refractivity (Wildman–Crippen MR) is 80.8 cm³/mol. The SMILES string of the molecule is CCN(CC)C(=O)c1cc(I)cc(I)c1O. The molecular formula is C11H13I2NO2. The van der Waals surface area contributed by atoms with Gasteiger partial charge in [0.1, 0.15) is 5.75 Å². The van der Waals surface area contributed by atoms with Crippen LogP contribution in [0.5, 0.6) is 5.75 Å². The molecule has 1 amide bonds. The van der Waals surface area contributed by atoms with Crippen LogP contribution in [0, 0.1) is 7.14 Å². The standard InChI is InChI=1S/C11H13I2NO2/c1-3-14(4-2)11(16)8-5-7(12)6-9(13)10(8)15/h5-6,15H,3-4H2,1-2H3. The van der Waals surface area contributed by atoms with Crippen molar-refractivity contribution in [2.45, 2.75) is 13.8 Å². The summed E-state index contributed by atoms with van der Waals surface area (Å²) >= 11 is 4.17. The second kappa shape index (κ2) is 6.04. The first-order valence-electron chi connectivity index (χ1n) is 4.98. The molecule has 0 saturated heterocycles. The molecule has 0 spiro atoms. The van der Waals surface area contributed by atoms with E-state index in [0.29, 0.717) is 22.2 Å². The van der Waals surface area contributed by atoms with Crippen LogP contribution in [0.4, 0.5) is 0 Å². The maximum absolute atomic E-state index is 12.1. The number of phenolic OH excluding ortho intramolecular Hbond substituents is 1. The van der Waals surface area contributed by atoms with Crippen LogP contribution >= 0.6 is 45.2 Å². The van der Waals surface area contributed by atoms with E-state index in [4.69, 9.17) is 0 Å². The Hall–Kier alpha value is -0.0500. The molecule has 3 nitrogen and oxygen atoms in total. The summed E-state index contributed by atoms with van der Waals surface area (Å²) in [6.07, 6.45) is 0. The first-order valence-corrected chi connectivity index (χ1v) is 7.14. The molecule has 0 radical (unpaired) electrons. The van der Waals surface area contributed by atoms with Crippen molar-refractivity contribution in [1.82, 2.24) is 4.90 Å². The Labute approximate surface area is 122 Å². The summed E-state index contributed by atoms with van der Waals surface area (Å²) in [5.41, 5.74) is 0.389. The summed E-state index contributed by atoms with van der Waals surface area (Å²) in [6.45, 7) is 5.16. The fourth-order valence-electron chi connectivity index (χ4n) is 1.41. The first-order chi connectivity index (χ1) is 7.51. The fourth-order valence-corrected chi connectivity index (χ4v) is 3.25. The molecule has 0 atom stereocenters. The normalized spacial score (nSPS) is 10.2. The van der Waals surface area contributed by atoms with Crippen molar-refractivity contribution in [2.24, 2.45) is 0 Å². The van der Waals surface area contributed by atoms with E-state index < -0.39 is 0 Å². The summed E-state index contributed by atoms with van der Waals surface area (Å²) in [5.74, 6) is -0.0307. The fraction of sp³-hybridized carbons (Fsp3) is 0.364. The molecule has 0 aliphatic rings. The van der Waals surface area contributed by atoms with Crippen molar-refractivity contribution in [2.75, 3.05) is 13.1 Å². The van der Waals surface area contributed by atoms with Gasteiger partial charge in [-0.1, -0.05) is 0 Å². The Bertz CT molecular complexity index is 403. The lowest BCUT2D eigenvalue weighted by Crippen LogP contribution is -2.30. The van der Waals surface area contributed by atoms with Gasteiger partial charge in [-0.05, 0) is 71.2 Å². The Kier molecular flexibility index (Phi) is 5.29. The molecule has 0 aliphatic heterocycles. The van der Waals surface area contributed by atoms with Gasteiger partial charge in [0.05, 0.1) is 9.13 Å². The zero-order valence-electron chi connectivity index (χ0n) is 9.13. The largest absolute Gasteiger partial charge is 0.506 e. The Balaban J connectivity index is 3.17. The van der Waals surface area contributed by atoms with E-state index in [9.17, 15) is 9.90 Å². The van der Waals surface area contributed by atoms with Gasteiger partial charge in [0.25, 0.3) is 5.91 Å². The van der Waals surface area contributed by atoms with Gasteiger partial charge in [0, 0.05) is 16.7 Å². The van der Waals surface area contributed by atoms with Crippen LogP contribution in [0.3, 0.4) is 0 Å². The molecule has 5 heteroatoms. The van der Waals surface area contributed by atoms with Crippen molar-refractivity contribution >= 4 is 51.1 Å². The lowest BCUT2D eigenvalue weighted by atomic mass is 10.1. The number of carbonyl (C=O) groups excluding carboxylic acids is 1. The third-order valence-corrected chi connectivity index (χ3v) is 3.75. The maximum atomic E-state index is 12.1. The van der Waals surface area contributed by atoms with Crippen molar-refractivity contribution < 1.29 is 9.90 Å². The molecule has 0 saturated carbocycles. The molecule has 0 bridgehead atoms. The molecule has 1 N–H and O–H groups in total. The second-order valence-electron chi connectivity index (χ2n) is 3.26. The van der Waals surface area contributed by atoms with E-state index in [2.05, 4.69) is 22.6 Å². The summed E-state index contributed by atoms with van der Waals surface area (Å²) in [5, 5.41) is 9.87. The molecule has 88 valence electrons. The zero-order valence-corrected chi connectivity index (χ0v) is 13.4. The monoisotopic (exact) mass is 445 g/mol. The molecule has 16 heavy (non-hydrogen) atoms. The Morgan fingerprint density at radius 1 is 1.31 bits per heavy atom. The van der Waals surface area contributed by atoms with Gasteiger partial charge in [0.15, 0.2) is 0 Å². The highest BCUT2D eigenvalue weighted by Gasteiger charge is 2.18. The molecule has 1 aromatic rings. The topological polar surface area (TPSA) is 40.5 Å². The van der Waals surface area contributed by atoms with Crippen LogP contribution in [0.15, 0.2) is 12.1 Å². The smallest absolute Gasteiger partial charge is 0.257 e.